The molecule has 1 unspecified atom stereocenters. The molecule has 0 spiro atoms. The number of rotatable bonds is 7. The SMILES string of the molecule is CCc1cc(C(Nc2ccc3c(N(OC(C)(C)C)C(=O)OC(C)(C)C)nccc3c2)C(=O)O)ccc1Cl. The first-order valence-corrected chi connectivity index (χ1v) is 12.4. The summed E-state index contributed by atoms with van der Waals surface area (Å²) >= 11 is 6.22. The van der Waals surface area contributed by atoms with Crippen LogP contribution in [0.3, 0.4) is 0 Å². The van der Waals surface area contributed by atoms with E-state index in [4.69, 9.17) is 21.2 Å². The fourth-order valence-electron chi connectivity index (χ4n) is 3.66. The van der Waals surface area contributed by atoms with Crippen LogP contribution in [-0.2, 0) is 20.8 Å². The van der Waals surface area contributed by atoms with Crippen LogP contribution in [0.2, 0.25) is 5.02 Å². The molecule has 37 heavy (non-hydrogen) atoms. The number of anilines is 2. The van der Waals surface area contributed by atoms with Crippen molar-refractivity contribution in [1.29, 1.82) is 0 Å². The number of nitrogens with zero attached hydrogens (tertiary/aromatic N) is 2. The number of ether oxygens (including phenoxy) is 1. The van der Waals surface area contributed by atoms with Crippen molar-refractivity contribution in [2.75, 3.05) is 10.4 Å². The van der Waals surface area contributed by atoms with Gasteiger partial charge < -0.3 is 15.2 Å². The molecule has 0 saturated carbocycles. The van der Waals surface area contributed by atoms with Crippen molar-refractivity contribution in [2.24, 2.45) is 0 Å². The summed E-state index contributed by atoms with van der Waals surface area (Å²) in [7, 11) is 0. The molecule has 0 radical (unpaired) electrons. The van der Waals surface area contributed by atoms with Crippen molar-refractivity contribution in [3.8, 4) is 0 Å². The van der Waals surface area contributed by atoms with Crippen molar-refractivity contribution in [3.05, 3.63) is 64.8 Å². The Morgan fingerprint density at radius 3 is 2.35 bits per heavy atom. The number of carboxylic acid groups (broad SMARTS) is 1. The number of aryl methyl sites for hydroxylation is 1. The van der Waals surface area contributed by atoms with Gasteiger partial charge in [-0.25, -0.2) is 14.6 Å². The molecule has 0 saturated heterocycles. The van der Waals surface area contributed by atoms with Crippen molar-refractivity contribution in [2.45, 2.75) is 72.1 Å². The fourth-order valence-corrected chi connectivity index (χ4v) is 3.91. The van der Waals surface area contributed by atoms with Crippen LogP contribution < -0.4 is 10.4 Å². The van der Waals surface area contributed by atoms with Crippen molar-refractivity contribution >= 4 is 45.9 Å². The Kier molecular flexibility index (Phi) is 8.35. The number of hydroxylamine groups is 1. The predicted molar refractivity (Wildman–Crippen MR) is 146 cm³/mol. The van der Waals surface area contributed by atoms with Gasteiger partial charge in [0.1, 0.15) is 5.60 Å². The quantitative estimate of drug-likeness (QED) is 0.314. The molecule has 1 amide bonds. The van der Waals surface area contributed by atoms with Gasteiger partial charge in [-0.2, -0.15) is 0 Å². The summed E-state index contributed by atoms with van der Waals surface area (Å²) in [6.07, 6.45) is 1.56. The van der Waals surface area contributed by atoms with E-state index in [1.807, 2.05) is 27.7 Å². The van der Waals surface area contributed by atoms with Gasteiger partial charge in [0.25, 0.3) is 0 Å². The van der Waals surface area contributed by atoms with E-state index in [-0.39, 0.29) is 5.82 Å². The Morgan fingerprint density at radius 2 is 1.76 bits per heavy atom. The van der Waals surface area contributed by atoms with Gasteiger partial charge in [-0.15, -0.1) is 5.06 Å². The monoisotopic (exact) mass is 527 g/mol. The molecule has 0 bridgehead atoms. The van der Waals surface area contributed by atoms with Crippen LogP contribution >= 0.6 is 11.6 Å². The summed E-state index contributed by atoms with van der Waals surface area (Å²) in [5.74, 6) is -0.747. The molecule has 198 valence electrons. The first-order chi connectivity index (χ1) is 17.2. The first-order valence-electron chi connectivity index (χ1n) is 12.1. The molecular formula is C28H34ClN3O5. The topological polar surface area (TPSA) is 101 Å². The smallest absolute Gasteiger partial charge is 0.440 e. The third kappa shape index (κ3) is 7.33. The number of fused-ring (bicyclic) bond motifs is 1. The number of nitrogens with one attached hydrogen (secondary N) is 1. The number of carbonyl (C=O) groups excluding carboxylic acids is 1. The number of carboxylic acids is 1. The Balaban J connectivity index is 2.00. The standard InChI is InChI=1S/C28H34ClN3O5/c1-8-17-15-19(9-12-22(17)29)23(25(33)34)31-20-10-11-21-18(16-20)13-14-30-24(21)32(37-28(5,6)7)26(35)36-27(2,3)4/h9-16,23,31H,8H2,1-7H3,(H,33,34). The molecule has 2 aromatic carbocycles. The van der Waals surface area contributed by atoms with E-state index in [1.54, 1.807) is 69.4 Å². The Labute approximate surface area is 222 Å². The number of aliphatic carboxylic acids is 1. The van der Waals surface area contributed by atoms with Crippen LogP contribution in [0.15, 0.2) is 48.7 Å². The maximum atomic E-state index is 13.1. The molecule has 3 aromatic rings. The highest BCUT2D eigenvalue weighted by Gasteiger charge is 2.31. The second kappa shape index (κ2) is 10.9. The zero-order chi connectivity index (χ0) is 27.5. The minimum Gasteiger partial charge on any atom is -0.479 e. The fraction of sp³-hybridized carbons (Fsp3) is 0.393. The van der Waals surface area contributed by atoms with Gasteiger partial charge in [0.05, 0.1) is 5.60 Å². The van der Waals surface area contributed by atoms with Gasteiger partial charge in [-0.05, 0) is 94.8 Å². The number of aromatic nitrogens is 1. The van der Waals surface area contributed by atoms with Gasteiger partial charge in [0, 0.05) is 22.3 Å². The molecule has 0 aliphatic heterocycles. The van der Waals surface area contributed by atoms with E-state index < -0.39 is 29.3 Å². The van der Waals surface area contributed by atoms with E-state index in [9.17, 15) is 14.7 Å². The minimum atomic E-state index is -1.02. The first kappa shape index (κ1) is 28.2. The summed E-state index contributed by atoms with van der Waals surface area (Å²) < 4.78 is 5.56. The second-order valence-corrected chi connectivity index (χ2v) is 11.1. The van der Waals surface area contributed by atoms with Crippen molar-refractivity contribution < 1.29 is 24.3 Å². The number of hydrogen-bond acceptors (Lipinski definition) is 6. The van der Waals surface area contributed by atoms with Crippen LogP contribution in [0.1, 0.15) is 65.6 Å². The molecule has 0 fully saturated rings. The number of halogens is 1. The largest absolute Gasteiger partial charge is 0.479 e. The summed E-state index contributed by atoms with van der Waals surface area (Å²) in [6, 6.07) is 11.3. The van der Waals surface area contributed by atoms with Crippen LogP contribution in [0.5, 0.6) is 0 Å². The lowest BCUT2D eigenvalue weighted by atomic mass is 10.0. The average molecular weight is 528 g/mol. The molecule has 9 heteroatoms. The van der Waals surface area contributed by atoms with Crippen LogP contribution in [-0.4, -0.2) is 33.4 Å². The molecule has 3 rings (SSSR count). The third-order valence-electron chi connectivity index (χ3n) is 5.20. The van der Waals surface area contributed by atoms with E-state index >= 15 is 0 Å². The summed E-state index contributed by atoms with van der Waals surface area (Å²) in [6.45, 7) is 12.8. The lowest BCUT2D eigenvalue weighted by Crippen LogP contribution is -2.42. The average Bonchev–Trinajstić information content (AvgIpc) is 2.79. The van der Waals surface area contributed by atoms with Crippen LogP contribution in [0.4, 0.5) is 16.3 Å². The number of amides is 1. The van der Waals surface area contributed by atoms with Gasteiger partial charge in [-0.1, -0.05) is 30.7 Å². The molecular weight excluding hydrogens is 494 g/mol. The Bertz CT molecular complexity index is 1300. The maximum absolute atomic E-state index is 13.1. The zero-order valence-corrected chi connectivity index (χ0v) is 23.0. The normalized spacial score (nSPS) is 12.8. The van der Waals surface area contributed by atoms with Gasteiger partial charge >= 0.3 is 12.1 Å². The Morgan fingerprint density at radius 1 is 1.05 bits per heavy atom. The van der Waals surface area contributed by atoms with Crippen LogP contribution in [0.25, 0.3) is 10.8 Å². The van der Waals surface area contributed by atoms with Gasteiger partial charge in [-0.3, -0.25) is 4.84 Å². The van der Waals surface area contributed by atoms with Crippen LogP contribution in [0, 0.1) is 0 Å². The number of benzene rings is 2. The van der Waals surface area contributed by atoms with Gasteiger partial charge in [0.2, 0.25) is 0 Å². The highest BCUT2D eigenvalue weighted by Crippen LogP contribution is 2.32. The van der Waals surface area contributed by atoms with E-state index in [0.29, 0.717) is 28.1 Å². The minimum absolute atomic E-state index is 0.272. The van der Waals surface area contributed by atoms with Crippen molar-refractivity contribution in [3.63, 3.8) is 0 Å². The zero-order valence-electron chi connectivity index (χ0n) is 22.3. The predicted octanol–water partition coefficient (Wildman–Crippen LogP) is 7.16. The van der Waals surface area contributed by atoms with Crippen molar-refractivity contribution in [1.82, 2.24) is 4.98 Å². The molecule has 0 aliphatic rings. The van der Waals surface area contributed by atoms with E-state index in [2.05, 4.69) is 10.3 Å². The molecule has 1 heterocycles. The summed E-state index contributed by atoms with van der Waals surface area (Å²) in [4.78, 5) is 35.5. The lowest BCUT2D eigenvalue weighted by molar-refractivity contribution is -0.138. The number of carbonyl (C=O) groups is 2. The molecule has 8 nitrogen and oxygen atoms in total. The number of hydrogen-bond donors (Lipinski definition) is 2. The molecule has 2 N–H and O–H groups in total. The lowest BCUT2D eigenvalue weighted by Gasteiger charge is -2.31. The summed E-state index contributed by atoms with van der Waals surface area (Å²) in [5.41, 5.74) is 0.628. The van der Waals surface area contributed by atoms with E-state index in [1.165, 1.54) is 0 Å². The third-order valence-corrected chi connectivity index (χ3v) is 5.57. The highest BCUT2D eigenvalue weighted by molar-refractivity contribution is 6.31. The highest BCUT2D eigenvalue weighted by atomic mass is 35.5. The molecule has 1 aromatic heterocycles. The molecule has 1 atom stereocenters. The second-order valence-electron chi connectivity index (χ2n) is 10.7. The summed E-state index contributed by atoms with van der Waals surface area (Å²) in [5, 5.41) is 16.1. The maximum Gasteiger partial charge on any atom is 0.440 e. The van der Waals surface area contributed by atoms with E-state index in [0.717, 1.165) is 16.0 Å². The van der Waals surface area contributed by atoms with Gasteiger partial charge in [0.15, 0.2) is 11.9 Å². The molecule has 0 aliphatic carbocycles. The Hall–Kier alpha value is -3.36. The number of pyridine rings is 1.